The van der Waals surface area contributed by atoms with Gasteiger partial charge in [-0.2, -0.15) is 0 Å². The fraction of sp³-hybridized carbons (Fsp3) is 0.346. The molecule has 0 saturated carbocycles. The fourth-order valence-electron chi connectivity index (χ4n) is 3.97. The van der Waals surface area contributed by atoms with Crippen LogP contribution in [-0.2, 0) is 13.0 Å². The van der Waals surface area contributed by atoms with Crippen molar-refractivity contribution in [3.63, 3.8) is 0 Å². The van der Waals surface area contributed by atoms with Gasteiger partial charge in [-0.15, -0.1) is 0 Å². The van der Waals surface area contributed by atoms with Gasteiger partial charge in [0, 0.05) is 17.7 Å². The van der Waals surface area contributed by atoms with Crippen molar-refractivity contribution in [2.75, 3.05) is 13.1 Å². The van der Waals surface area contributed by atoms with Crippen LogP contribution in [0, 0.1) is 12.3 Å². The standard InChI is InChI=1S/C26H30N3O/c1-19(2)17-23-26(30)28-25(24(27-23)21-9-5-3-6-10-21)22-13-11-20(12-14-22)18-29-15-7-4-8-16-29/h3-6,9-14,19H,7-8,15-18H2,1-2H3,(H,28,30). The molecule has 3 aromatic rings. The first-order chi connectivity index (χ1) is 14.6. The number of rotatable bonds is 6. The van der Waals surface area contributed by atoms with E-state index in [-0.39, 0.29) is 5.88 Å². The summed E-state index contributed by atoms with van der Waals surface area (Å²) < 4.78 is 0. The van der Waals surface area contributed by atoms with Gasteiger partial charge in [0.2, 0.25) is 5.88 Å². The van der Waals surface area contributed by atoms with Gasteiger partial charge < -0.3 is 5.11 Å². The third-order valence-electron chi connectivity index (χ3n) is 5.53. The smallest absolute Gasteiger partial charge is 0.233 e. The van der Waals surface area contributed by atoms with Crippen LogP contribution in [0.3, 0.4) is 0 Å². The topological polar surface area (TPSA) is 49.2 Å². The number of aromatic nitrogens is 2. The second-order valence-electron chi connectivity index (χ2n) is 8.49. The number of aromatic hydroxyl groups is 1. The highest BCUT2D eigenvalue weighted by molar-refractivity contribution is 5.78. The average molecular weight is 401 g/mol. The lowest BCUT2D eigenvalue weighted by molar-refractivity contribution is 0.246. The zero-order chi connectivity index (χ0) is 20.9. The van der Waals surface area contributed by atoms with Crippen molar-refractivity contribution in [1.29, 1.82) is 0 Å². The van der Waals surface area contributed by atoms with E-state index in [1.165, 1.54) is 18.4 Å². The quantitative estimate of drug-likeness (QED) is 0.592. The van der Waals surface area contributed by atoms with Gasteiger partial charge in [0.1, 0.15) is 11.4 Å². The van der Waals surface area contributed by atoms with Crippen LogP contribution in [-0.4, -0.2) is 33.1 Å². The van der Waals surface area contributed by atoms with Crippen LogP contribution >= 0.6 is 0 Å². The van der Waals surface area contributed by atoms with E-state index in [0.717, 1.165) is 42.1 Å². The Balaban J connectivity index is 1.67. The first kappa shape index (κ1) is 20.5. The van der Waals surface area contributed by atoms with Crippen LogP contribution in [0.1, 0.15) is 37.9 Å². The molecule has 155 valence electrons. The van der Waals surface area contributed by atoms with E-state index in [9.17, 15) is 5.11 Å². The maximum atomic E-state index is 10.6. The van der Waals surface area contributed by atoms with E-state index >= 15 is 0 Å². The predicted molar refractivity (Wildman–Crippen MR) is 122 cm³/mol. The Bertz CT molecular complexity index is 962. The minimum Gasteiger partial charge on any atom is -0.492 e. The van der Waals surface area contributed by atoms with E-state index in [1.54, 1.807) is 0 Å². The molecule has 1 radical (unpaired) electrons. The van der Waals surface area contributed by atoms with Gasteiger partial charge in [-0.05, 0) is 50.3 Å². The fourth-order valence-corrected chi connectivity index (χ4v) is 3.97. The van der Waals surface area contributed by atoms with Crippen LogP contribution in [0.15, 0.2) is 54.6 Å². The SMILES string of the molecule is CC(C)Cc1nc(-c2ccccc2)c(-c2ccc(CN3CC[CH]CC3)cc2)nc1O. The highest BCUT2D eigenvalue weighted by atomic mass is 16.3. The summed E-state index contributed by atoms with van der Waals surface area (Å²) in [6.45, 7) is 7.49. The average Bonchev–Trinajstić information content (AvgIpc) is 2.76. The molecule has 1 fully saturated rings. The highest BCUT2D eigenvalue weighted by Crippen LogP contribution is 2.32. The third-order valence-corrected chi connectivity index (χ3v) is 5.53. The predicted octanol–water partition coefficient (Wildman–Crippen LogP) is 5.51. The zero-order valence-corrected chi connectivity index (χ0v) is 17.9. The second-order valence-corrected chi connectivity index (χ2v) is 8.49. The lowest BCUT2D eigenvalue weighted by atomic mass is 10.0. The summed E-state index contributed by atoms with van der Waals surface area (Å²) in [7, 11) is 0. The van der Waals surface area contributed by atoms with Crippen molar-refractivity contribution in [3.8, 4) is 28.4 Å². The third kappa shape index (κ3) is 4.88. The minimum absolute atomic E-state index is 0.0343. The molecular weight excluding hydrogens is 370 g/mol. The zero-order valence-electron chi connectivity index (χ0n) is 17.9. The molecule has 0 aliphatic carbocycles. The molecule has 2 heterocycles. The molecular formula is C26H30N3O. The summed E-state index contributed by atoms with van der Waals surface area (Å²) in [6, 6.07) is 18.7. The van der Waals surface area contributed by atoms with Crippen LogP contribution < -0.4 is 0 Å². The molecule has 1 N–H and O–H groups in total. The molecule has 4 heteroatoms. The number of hydrogen-bond acceptors (Lipinski definition) is 4. The van der Waals surface area contributed by atoms with Gasteiger partial charge in [-0.3, -0.25) is 4.90 Å². The largest absolute Gasteiger partial charge is 0.492 e. The van der Waals surface area contributed by atoms with E-state index in [2.05, 4.69) is 54.4 Å². The molecule has 1 aliphatic heterocycles. The molecule has 1 aliphatic rings. The summed E-state index contributed by atoms with van der Waals surface area (Å²) in [6.07, 6.45) is 5.43. The van der Waals surface area contributed by atoms with Crippen LogP contribution in [0.2, 0.25) is 0 Å². The monoisotopic (exact) mass is 400 g/mol. The van der Waals surface area contributed by atoms with Gasteiger partial charge in [-0.1, -0.05) is 68.4 Å². The first-order valence-corrected chi connectivity index (χ1v) is 10.9. The number of nitrogens with zero attached hydrogens (tertiary/aromatic N) is 3. The van der Waals surface area contributed by atoms with Crippen LogP contribution in [0.5, 0.6) is 5.88 Å². The number of hydrogen-bond donors (Lipinski definition) is 1. The van der Waals surface area contributed by atoms with Crippen molar-refractivity contribution >= 4 is 0 Å². The molecule has 30 heavy (non-hydrogen) atoms. The van der Waals surface area contributed by atoms with E-state index in [1.807, 2.05) is 30.3 Å². The minimum atomic E-state index is 0.0343. The summed E-state index contributed by atoms with van der Waals surface area (Å²) in [5, 5.41) is 10.6. The first-order valence-electron chi connectivity index (χ1n) is 10.9. The summed E-state index contributed by atoms with van der Waals surface area (Å²) >= 11 is 0. The summed E-state index contributed by atoms with van der Waals surface area (Å²) in [5.41, 5.74) is 5.50. The molecule has 0 amide bonds. The lowest BCUT2D eigenvalue weighted by Crippen LogP contribution is -2.29. The Morgan fingerprint density at radius 3 is 2.17 bits per heavy atom. The maximum Gasteiger partial charge on any atom is 0.233 e. The van der Waals surface area contributed by atoms with Crippen molar-refractivity contribution in [2.24, 2.45) is 5.92 Å². The Morgan fingerprint density at radius 2 is 1.50 bits per heavy atom. The van der Waals surface area contributed by atoms with Gasteiger partial charge in [-0.25, -0.2) is 9.97 Å². The molecule has 1 saturated heterocycles. The van der Waals surface area contributed by atoms with E-state index in [4.69, 9.17) is 4.98 Å². The molecule has 0 spiro atoms. The lowest BCUT2D eigenvalue weighted by Gasteiger charge is -2.26. The Kier molecular flexibility index (Phi) is 6.44. The van der Waals surface area contributed by atoms with Crippen LogP contribution in [0.4, 0.5) is 0 Å². The van der Waals surface area contributed by atoms with Crippen molar-refractivity contribution in [1.82, 2.24) is 14.9 Å². The Labute approximate surface area is 179 Å². The normalized spacial score (nSPS) is 14.9. The number of benzene rings is 2. The van der Waals surface area contributed by atoms with Crippen molar-refractivity contribution in [2.45, 2.75) is 39.7 Å². The number of likely N-dealkylation sites (tertiary alicyclic amines) is 1. The van der Waals surface area contributed by atoms with Gasteiger partial charge >= 0.3 is 0 Å². The molecule has 2 aromatic carbocycles. The highest BCUT2D eigenvalue weighted by Gasteiger charge is 2.17. The van der Waals surface area contributed by atoms with E-state index in [0.29, 0.717) is 18.0 Å². The second kappa shape index (κ2) is 9.40. The summed E-state index contributed by atoms with van der Waals surface area (Å²) in [4.78, 5) is 11.9. The molecule has 0 unspecified atom stereocenters. The molecule has 1 aromatic heterocycles. The number of piperidine rings is 1. The summed E-state index contributed by atoms with van der Waals surface area (Å²) in [5.74, 6) is 0.429. The van der Waals surface area contributed by atoms with E-state index < -0.39 is 0 Å². The molecule has 0 atom stereocenters. The molecule has 4 rings (SSSR count). The molecule has 0 bridgehead atoms. The van der Waals surface area contributed by atoms with Crippen molar-refractivity contribution < 1.29 is 5.11 Å². The van der Waals surface area contributed by atoms with Gasteiger partial charge in [0.25, 0.3) is 0 Å². The van der Waals surface area contributed by atoms with Crippen LogP contribution in [0.25, 0.3) is 22.5 Å². The molecule has 4 nitrogen and oxygen atoms in total. The Hall–Kier alpha value is -2.72. The maximum absolute atomic E-state index is 10.6. The van der Waals surface area contributed by atoms with Crippen molar-refractivity contribution in [3.05, 3.63) is 72.3 Å². The van der Waals surface area contributed by atoms with Gasteiger partial charge in [0.15, 0.2) is 0 Å². The van der Waals surface area contributed by atoms with Gasteiger partial charge in [0.05, 0.1) is 5.69 Å². The Morgan fingerprint density at radius 1 is 0.867 bits per heavy atom.